The molecular weight excluding hydrogens is 463 g/mol. The van der Waals surface area contributed by atoms with Gasteiger partial charge in [0.1, 0.15) is 11.6 Å². The first-order valence-corrected chi connectivity index (χ1v) is 10.6. The molecule has 33 heavy (non-hydrogen) atoms. The fourth-order valence-electron chi connectivity index (χ4n) is 3.42. The summed E-state index contributed by atoms with van der Waals surface area (Å²) >= 11 is 12.7. The number of aromatic amines is 1. The van der Waals surface area contributed by atoms with Crippen LogP contribution in [-0.4, -0.2) is 28.0 Å². The van der Waals surface area contributed by atoms with E-state index in [0.717, 1.165) is 16.6 Å². The quantitative estimate of drug-likeness (QED) is 0.302. The molecule has 0 saturated heterocycles. The Labute approximate surface area is 198 Å². The average molecular weight is 479 g/mol. The number of hydrogen-bond acceptors (Lipinski definition) is 5. The average Bonchev–Trinajstić information content (AvgIpc) is 3.50. The Bertz CT molecular complexity index is 1480. The number of amides is 1. The minimum atomic E-state index is -0.359. The highest BCUT2D eigenvalue weighted by molar-refractivity contribution is 6.33. The Balaban J connectivity index is 1.47. The standard InChI is InChI=1S/C24H16Cl2N4O3/c1-32-20-7-4-13(9-18(20)26)14-10-19-23(27-12-14)30-22(29-19)16-11-15(5-6-17(16)25)28-24(31)21-3-2-8-33-21/h2-12H,1H3,(H,28,31)(H,27,29,30). The molecule has 0 radical (unpaired) electrons. The monoisotopic (exact) mass is 478 g/mol. The molecular formula is C24H16Cl2N4O3. The highest BCUT2D eigenvalue weighted by Crippen LogP contribution is 2.33. The summed E-state index contributed by atoms with van der Waals surface area (Å²) in [7, 11) is 1.57. The Morgan fingerprint density at radius 2 is 1.94 bits per heavy atom. The van der Waals surface area contributed by atoms with Gasteiger partial charge in [0, 0.05) is 23.0 Å². The van der Waals surface area contributed by atoms with Gasteiger partial charge in [0.25, 0.3) is 5.91 Å². The van der Waals surface area contributed by atoms with Gasteiger partial charge < -0.3 is 19.5 Å². The number of carbonyl (C=O) groups is 1. The molecule has 2 aromatic carbocycles. The van der Waals surface area contributed by atoms with E-state index < -0.39 is 0 Å². The van der Waals surface area contributed by atoms with Gasteiger partial charge in [-0.15, -0.1) is 0 Å². The Hall–Kier alpha value is -3.81. The topological polar surface area (TPSA) is 93.0 Å². The number of nitrogens with zero attached hydrogens (tertiary/aromatic N) is 2. The van der Waals surface area contributed by atoms with E-state index in [4.69, 9.17) is 32.4 Å². The van der Waals surface area contributed by atoms with Crippen molar-refractivity contribution >= 4 is 46.0 Å². The number of imidazole rings is 1. The Morgan fingerprint density at radius 1 is 1.06 bits per heavy atom. The molecule has 3 aromatic heterocycles. The summed E-state index contributed by atoms with van der Waals surface area (Å²) < 4.78 is 10.4. The number of anilines is 1. The van der Waals surface area contributed by atoms with E-state index in [1.807, 2.05) is 24.3 Å². The first kappa shape index (κ1) is 21.1. The smallest absolute Gasteiger partial charge is 0.291 e. The van der Waals surface area contributed by atoms with Crippen molar-refractivity contribution in [1.29, 1.82) is 0 Å². The first-order valence-electron chi connectivity index (χ1n) is 9.86. The number of H-pyrrole nitrogens is 1. The lowest BCUT2D eigenvalue weighted by Crippen LogP contribution is -2.10. The van der Waals surface area contributed by atoms with E-state index >= 15 is 0 Å². The number of hydrogen-bond donors (Lipinski definition) is 2. The third-order valence-electron chi connectivity index (χ3n) is 5.05. The molecule has 0 aliphatic rings. The lowest BCUT2D eigenvalue weighted by Gasteiger charge is -2.07. The molecule has 7 nitrogen and oxygen atoms in total. The summed E-state index contributed by atoms with van der Waals surface area (Å²) in [5, 5.41) is 3.78. The second-order valence-electron chi connectivity index (χ2n) is 7.16. The van der Waals surface area contributed by atoms with Gasteiger partial charge in [0.2, 0.25) is 0 Å². The number of halogens is 2. The van der Waals surface area contributed by atoms with Crippen LogP contribution in [0.5, 0.6) is 5.75 Å². The normalized spacial score (nSPS) is 11.0. The second kappa shape index (κ2) is 8.61. The molecule has 0 aliphatic heterocycles. The van der Waals surface area contributed by atoms with Crippen LogP contribution in [0.25, 0.3) is 33.7 Å². The van der Waals surface area contributed by atoms with Crippen molar-refractivity contribution in [2.45, 2.75) is 0 Å². The lowest BCUT2D eigenvalue weighted by atomic mass is 10.1. The predicted octanol–water partition coefficient (Wildman–Crippen LogP) is 6.45. The first-order chi connectivity index (χ1) is 16.0. The minimum absolute atomic E-state index is 0.214. The fourth-order valence-corrected chi connectivity index (χ4v) is 3.88. The number of methoxy groups -OCH3 is 1. The van der Waals surface area contributed by atoms with Gasteiger partial charge >= 0.3 is 0 Å². The largest absolute Gasteiger partial charge is 0.495 e. The summed E-state index contributed by atoms with van der Waals surface area (Å²) in [4.78, 5) is 24.6. The van der Waals surface area contributed by atoms with Crippen LogP contribution < -0.4 is 10.1 Å². The zero-order valence-electron chi connectivity index (χ0n) is 17.2. The van der Waals surface area contributed by atoms with Crippen LogP contribution >= 0.6 is 23.2 Å². The molecule has 0 aliphatic carbocycles. The number of aromatic nitrogens is 3. The molecule has 0 spiro atoms. The third kappa shape index (κ3) is 4.16. The van der Waals surface area contributed by atoms with Crippen molar-refractivity contribution in [2.24, 2.45) is 0 Å². The van der Waals surface area contributed by atoms with Crippen LogP contribution in [0.2, 0.25) is 10.0 Å². The number of rotatable bonds is 5. The van der Waals surface area contributed by atoms with E-state index in [1.54, 1.807) is 43.6 Å². The molecule has 5 rings (SSSR count). The molecule has 164 valence electrons. The maximum absolute atomic E-state index is 12.3. The van der Waals surface area contributed by atoms with Gasteiger partial charge in [-0.05, 0) is 54.1 Å². The van der Waals surface area contributed by atoms with E-state index in [0.29, 0.717) is 38.5 Å². The van der Waals surface area contributed by atoms with Gasteiger partial charge in [-0.2, -0.15) is 0 Å². The summed E-state index contributed by atoms with van der Waals surface area (Å²) in [5.74, 6) is 0.987. The molecule has 3 heterocycles. The van der Waals surface area contributed by atoms with Crippen molar-refractivity contribution in [3.63, 3.8) is 0 Å². The van der Waals surface area contributed by atoms with E-state index in [-0.39, 0.29) is 11.7 Å². The Morgan fingerprint density at radius 3 is 2.70 bits per heavy atom. The van der Waals surface area contributed by atoms with Gasteiger partial charge in [0.15, 0.2) is 11.4 Å². The van der Waals surface area contributed by atoms with Crippen molar-refractivity contribution in [1.82, 2.24) is 15.0 Å². The fraction of sp³-hybridized carbons (Fsp3) is 0.0417. The van der Waals surface area contributed by atoms with Gasteiger partial charge in [-0.3, -0.25) is 4.79 Å². The number of fused-ring (bicyclic) bond motifs is 1. The number of furan rings is 1. The summed E-state index contributed by atoms with van der Waals surface area (Å²) in [6.07, 6.45) is 3.17. The highest BCUT2D eigenvalue weighted by Gasteiger charge is 2.14. The van der Waals surface area contributed by atoms with Crippen LogP contribution in [0.3, 0.4) is 0 Å². The summed E-state index contributed by atoms with van der Waals surface area (Å²) in [6.45, 7) is 0. The molecule has 0 atom stereocenters. The zero-order valence-corrected chi connectivity index (χ0v) is 18.7. The van der Waals surface area contributed by atoms with E-state index in [1.165, 1.54) is 6.26 Å². The Kier molecular flexibility index (Phi) is 5.50. The molecule has 1 amide bonds. The molecule has 0 saturated carbocycles. The van der Waals surface area contributed by atoms with Crippen molar-refractivity contribution in [3.8, 4) is 28.3 Å². The zero-order chi connectivity index (χ0) is 22.9. The highest BCUT2D eigenvalue weighted by atomic mass is 35.5. The molecule has 0 fully saturated rings. The maximum Gasteiger partial charge on any atom is 0.291 e. The lowest BCUT2D eigenvalue weighted by molar-refractivity contribution is 0.0996. The molecule has 9 heteroatoms. The van der Waals surface area contributed by atoms with Crippen LogP contribution in [0, 0.1) is 0 Å². The third-order valence-corrected chi connectivity index (χ3v) is 5.67. The van der Waals surface area contributed by atoms with Crippen molar-refractivity contribution in [3.05, 3.63) is 82.9 Å². The number of carbonyl (C=O) groups excluding carboxylic acids is 1. The number of nitrogens with one attached hydrogen (secondary N) is 2. The SMILES string of the molecule is COc1ccc(-c2cnc3nc(-c4cc(NC(=O)c5ccco5)ccc4Cl)[nH]c3c2)cc1Cl. The molecule has 2 N–H and O–H groups in total. The number of benzene rings is 2. The molecule has 5 aromatic rings. The number of ether oxygens (including phenoxy) is 1. The summed E-state index contributed by atoms with van der Waals surface area (Å²) in [5.41, 5.74) is 4.21. The van der Waals surface area contributed by atoms with Crippen LogP contribution in [0.15, 0.2) is 71.5 Å². The van der Waals surface area contributed by atoms with Gasteiger partial charge in [-0.1, -0.05) is 29.3 Å². The van der Waals surface area contributed by atoms with Crippen LogP contribution in [-0.2, 0) is 0 Å². The minimum Gasteiger partial charge on any atom is -0.495 e. The summed E-state index contributed by atoms with van der Waals surface area (Å²) in [6, 6.07) is 15.9. The van der Waals surface area contributed by atoms with Gasteiger partial charge in [-0.25, -0.2) is 9.97 Å². The molecule has 0 unspecified atom stereocenters. The molecule has 0 bridgehead atoms. The van der Waals surface area contributed by atoms with Crippen molar-refractivity contribution in [2.75, 3.05) is 12.4 Å². The second-order valence-corrected chi connectivity index (χ2v) is 7.97. The maximum atomic E-state index is 12.3. The van der Waals surface area contributed by atoms with E-state index in [2.05, 4.69) is 20.3 Å². The van der Waals surface area contributed by atoms with E-state index in [9.17, 15) is 4.79 Å². The van der Waals surface area contributed by atoms with Crippen LogP contribution in [0.1, 0.15) is 10.6 Å². The van der Waals surface area contributed by atoms with Gasteiger partial charge in [0.05, 0.1) is 28.9 Å². The van der Waals surface area contributed by atoms with Crippen LogP contribution in [0.4, 0.5) is 5.69 Å². The number of pyridine rings is 1. The predicted molar refractivity (Wildman–Crippen MR) is 128 cm³/mol. The van der Waals surface area contributed by atoms with Crippen molar-refractivity contribution < 1.29 is 13.9 Å².